The standard InChI is InChI=1S/C29H34OSi2/c1-31(2,21-20-26-23-24-18-19-25(26)22-24)30-32(27-12-6-3-7-13-27,28-14-8-4-9-15-28)29-16-10-5-11-17-29/h3-19,24-26H,20-23H2,1-2H3. The molecule has 5 rings (SSSR count). The van der Waals surface area contributed by atoms with Gasteiger partial charge in [-0.3, -0.25) is 0 Å². The maximum atomic E-state index is 7.58. The van der Waals surface area contributed by atoms with Crippen LogP contribution in [0.1, 0.15) is 19.3 Å². The Balaban J connectivity index is 1.52. The number of allylic oxidation sites excluding steroid dienone is 2. The molecule has 2 aliphatic carbocycles. The summed E-state index contributed by atoms with van der Waals surface area (Å²) in [5.41, 5.74) is 0. The Labute approximate surface area is 195 Å². The van der Waals surface area contributed by atoms with E-state index in [9.17, 15) is 0 Å². The molecule has 0 spiro atoms. The van der Waals surface area contributed by atoms with Crippen LogP contribution in [0.2, 0.25) is 19.1 Å². The molecule has 0 aromatic heterocycles. The number of hydrogen-bond acceptors (Lipinski definition) is 1. The Morgan fingerprint density at radius 1 is 0.688 bits per heavy atom. The van der Waals surface area contributed by atoms with Gasteiger partial charge in [0, 0.05) is 0 Å². The molecule has 0 heterocycles. The van der Waals surface area contributed by atoms with Gasteiger partial charge in [-0.05, 0) is 65.3 Å². The van der Waals surface area contributed by atoms with Crippen LogP contribution < -0.4 is 15.6 Å². The molecule has 3 aromatic carbocycles. The van der Waals surface area contributed by atoms with E-state index in [1.165, 1.54) is 40.9 Å². The minimum Gasteiger partial charge on any atom is -0.446 e. The van der Waals surface area contributed by atoms with Crippen LogP contribution in [0.15, 0.2) is 103 Å². The minimum absolute atomic E-state index is 0.823. The van der Waals surface area contributed by atoms with Gasteiger partial charge >= 0.3 is 0 Å². The zero-order chi connectivity index (χ0) is 22.0. The molecule has 1 fully saturated rings. The Morgan fingerprint density at radius 2 is 1.19 bits per heavy atom. The molecule has 1 nitrogen and oxygen atoms in total. The summed E-state index contributed by atoms with van der Waals surface area (Å²) in [4.78, 5) is 0. The third-order valence-corrected chi connectivity index (χ3v) is 15.9. The van der Waals surface area contributed by atoms with Crippen LogP contribution in [0.25, 0.3) is 0 Å². The van der Waals surface area contributed by atoms with E-state index >= 15 is 0 Å². The molecule has 0 saturated heterocycles. The van der Waals surface area contributed by atoms with E-state index in [1.54, 1.807) is 0 Å². The fourth-order valence-electron chi connectivity index (χ4n) is 5.92. The average molecular weight is 455 g/mol. The molecule has 3 aromatic rings. The van der Waals surface area contributed by atoms with E-state index in [-0.39, 0.29) is 0 Å². The molecule has 32 heavy (non-hydrogen) atoms. The van der Waals surface area contributed by atoms with Crippen LogP contribution in [0.3, 0.4) is 0 Å². The summed E-state index contributed by atoms with van der Waals surface area (Å²) in [5, 5.41) is 4.04. The third kappa shape index (κ3) is 4.22. The number of fused-ring (bicyclic) bond motifs is 2. The van der Waals surface area contributed by atoms with Gasteiger partial charge < -0.3 is 4.12 Å². The zero-order valence-corrected chi connectivity index (χ0v) is 21.3. The molecular weight excluding hydrogens is 420 g/mol. The second-order valence-electron chi connectivity index (χ2n) is 10.2. The fraction of sp³-hybridized carbons (Fsp3) is 0.310. The highest BCUT2D eigenvalue weighted by molar-refractivity contribution is 7.10. The molecule has 164 valence electrons. The number of rotatable bonds is 8. The second kappa shape index (κ2) is 8.97. The number of hydrogen-bond donors (Lipinski definition) is 0. The van der Waals surface area contributed by atoms with Crippen LogP contribution in [0.4, 0.5) is 0 Å². The van der Waals surface area contributed by atoms with Gasteiger partial charge in [-0.25, -0.2) is 0 Å². The molecular formula is C29H34OSi2. The van der Waals surface area contributed by atoms with Crippen LogP contribution in [0.5, 0.6) is 0 Å². The summed E-state index contributed by atoms with van der Waals surface area (Å²) < 4.78 is 7.58. The minimum atomic E-state index is -2.60. The molecule has 2 aliphatic rings. The first-order chi connectivity index (χ1) is 15.6. The van der Waals surface area contributed by atoms with Gasteiger partial charge in [0.1, 0.15) is 0 Å². The average Bonchev–Trinajstić information content (AvgIpc) is 3.47. The molecule has 3 heteroatoms. The lowest BCUT2D eigenvalue weighted by atomic mass is 9.91. The van der Waals surface area contributed by atoms with Gasteiger partial charge in [0.05, 0.1) is 0 Å². The summed E-state index contributed by atoms with van der Waals surface area (Å²) in [6, 6.07) is 34.3. The third-order valence-electron chi connectivity index (χ3n) is 7.50. The van der Waals surface area contributed by atoms with Crippen molar-refractivity contribution in [2.45, 2.75) is 38.4 Å². The second-order valence-corrected chi connectivity index (χ2v) is 18.2. The largest absolute Gasteiger partial charge is 0.446 e. The van der Waals surface area contributed by atoms with Crippen molar-refractivity contribution in [1.82, 2.24) is 0 Å². The molecule has 0 amide bonds. The van der Waals surface area contributed by atoms with Crippen molar-refractivity contribution >= 4 is 32.2 Å². The Morgan fingerprint density at radius 3 is 1.59 bits per heavy atom. The van der Waals surface area contributed by atoms with Gasteiger partial charge in [0.25, 0.3) is 8.32 Å². The molecule has 0 N–H and O–H groups in total. The topological polar surface area (TPSA) is 9.23 Å². The predicted octanol–water partition coefficient (Wildman–Crippen LogP) is 5.48. The maximum Gasteiger partial charge on any atom is 0.278 e. The quantitative estimate of drug-likeness (QED) is 0.249. The molecule has 3 unspecified atom stereocenters. The lowest BCUT2D eigenvalue weighted by Crippen LogP contribution is -2.72. The highest BCUT2D eigenvalue weighted by atomic mass is 28.4. The molecule has 1 saturated carbocycles. The molecule has 2 bridgehead atoms. The van der Waals surface area contributed by atoms with E-state index in [1.807, 2.05) is 0 Å². The fourth-order valence-corrected chi connectivity index (χ4v) is 15.1. The van der Waals surface area contributed by atoms with Crippen molar-refractivity contribution in [3.8, 4) is 0 Å². The number of benzene rings is 3. The van der Waals surface area contributed by atoms with Gasteiger partial charge in [0.2, 0.25) is 0 Å². The predicted molar refractivity (Wildman–Crippen MR) is 141 cm³/mol. The van der Waals surface area contributed by atoms with Crippen molar-refractivity contribution in [3.63, 3.8) is 0 Å². The summed E-state index contributed by atoms with van der Waals surface area (Å²) in [7, 11) is -4.55. The lowest BCUT2D eigenvalue weighted by Gasteiger charge is -2.40. The summed E-state index contributed by atoms with van der Waals surface area (Å²) in [6.45, 7) is 4.90. The molecule has 0 radical (unpaired) electrons. The zero-order valence-electron chi connectivity index (χ0n) is 19.3. The smallest absolute Gasteiger partial charge is 0.278 e. The van der Waals surface area contributed by atoms with Crippen molar-refractivity contribution < 1.29 is 4.12 Å². The van der Waals surface area contributed by atoms with Gasteiger partial charge in [-0.2, -0.15) is 0 Å². The Kier molecular flexibility index (Phi) is 6.06. The first-order valence-electron chi connectivity index (χ1n) is 12.1. The normalized spacial score (nSPS) is 22.4. The summed E-state index contributed by atoms with van der Waals surface area (Å²) >= 11 is 0. The maximum absolute atomic E-state index is 7.58. The van der Waals surface area contributed by atoms with Crippen LogP contribution in [0, 0.1) is 17.8 Å². The van der Waals surface area contributed by atoms with Crippen LogP contribution in [-0.4, -0.2) is 16.6 Å². The monoisotopic (exact) mass is 454 g/mol. The van der Waals surface area contributed by atoms with Crippen LogP contribution in [-0.2, 0) is 4.12 Å². The summed E-state index contributed by atoms with van der Waals surface area (Å²) in [6.07, 6.45) is 9.05. The highest BCUT2D eigenvalue weighted by Crippen LogP contribution is 2.46. The van der Waals surface area contributed by atoms with Gasteiger partial charge in [-0.15, -0.1) is 0 Å². The van der Waals surface area contributed by atoms with E-state index in [4.69, 9.17) is 4.12 Å². The molecule has 0 aliphatic heterocycles. The molecule has 3 atom stereocenters. The SMILES string of the molecule is C[Si](C)(CCC1CC2C=CC1C2)O[Si](c1ccccc1)(c1ccccc1)c1ccccc1. The first kappa shape index (κ1) is 21.6. The van der Waals surface area contributed by atoms with Crippen molar-refractivity contribution in [3.05, 3.63) is 103 Å². The van der Waals surface area contributed by atoms with Crippen molar-refractivity contribution in [2.24, 2.45) is 17.8 Å². The highest BCUT2D eigenvalue weighted by Gasteiger charge is 2.46. The Hall–Kier alpha value is -2.21. The van der Waals surface area contributed by atoms with Crippen molar-refractivity contribution in [1.29, 1.82) is 0 Å². The van der Waals surface area contributed by atoms with Gasteiger partial charge in [0.15, 0.2) is 8.32 Å². The Bertz CT molecular complexity index is 950. The van der Waals surface area contributed by atoms with E-state index in [2.05, 4.69) is 116 Å². The van der Waals surface area contributed by atoms with Gasteiger partial charge in [-0.1, -0.05) is 110 Å². The first-order valence-corrected chi connectivity index (χ1v) is 17.1. The lowest BCUT2D eigenvalue weighted by molar-refractivity contribution is 0.423. The van der Waals surface area contributed by atoms with E-state index in [0.29, 0.717) is 0 Å². The van der Waals surface area contributed by atoms with Crippen molar-refractivity contribution in [2.75, 3.05) is 0 Å². The van der Waals surface area contributed by atoms with Crippen LogP contribution >= 0.6 is 0 Å². The summed E-state index contributed by atoms with van der Waals surface area (Å²) in [5.74, 6) is 2.54. The van der Waals surface area contributed by atoms with E-state index < -0.39 is 16.6 Å². The van der Waals surface area contributed by atoms with E-state index in [0.717, 1.165) is 17.8 Å².